The first-order chi connectivity index (χ1) is 9.74. The van der Waals surface area contributed by atoms with Crippen molar-refractivity contribution >= 4 is 5.69 Å². The highest BCUT2D eigenvalue weighted by Crippen LogP contribution is 2.24. The summed E-state index contributed by atoms with van der Waals surface area (Å²) in [7, 11) is 0. The maximum atomic E-state index is 10.8. The molecule has 2 aromatic rings. The number of benzene rings is 1. The maximum Gasteiger partial charge on any atom is 0.270 e. The van der Waals surface area contributed by atoms with Crippen LogP contribution in [0.25, 0.3) is 11.4 Å². The number of hydrogen-bond acceptors (Lipinski definition) is 5. The van der Waals surface area contributed by atoms with Crippen molar-refractivity contribution in [3.05, 3.63) is 40.2 Å². The molecule has 0 radical (unpaired) electrons. The van der Waals surface area contributed by atoms with Crippen LogP contribution in [0.2, 0.25) is 0 Å². The van der Waals surface area contributed by atoms with Crippen molar-refractivity contribution in [3.8, 4) is 11.4 Å². The van der Waals surface area contributed by atoms with E-state index in [2.05, 4.69) is 20.5 Å². The largest absolute Gasteiger partial charge is 0.316 e. The predicted molar refractivity (Wildman–Crippen MR) is 73.3 cm³/mol. The van der Waals surface area contributed by atoms with Gasteiger partial charge in [0, 0.05) is 30.2 Å². The third-order valence-corrected chi connectivity index (χ3v) is 3.50. The van der Waals surface area contributed by atoms with Gasteiger partial charge in [0.25, 0.3) is 5.69 Å². The van der Waals surface area contributed by atoms with E-state index in [9.17, 15) is 10.1 Å². The van der Waals surface area contributed by atoms with Crippen molar-refractivity contribution in [2.24, 2.45) is 0 Å². The van der Waals surface area contributed by atoms with Crippen molar-refractivity contribution in [2.45, 2.75) is 18.8 Å². The van der Waals surface area contributed by atoms with Gasteiger partial charge < -0.3 is 5.32 Å². The quantitative estimate of drug-likeness (QED) is 0.657. The van der Waals surface area contributed by atoms with Gasteiger partial charge in [-0.25, -0.2) is 4.98 Å². The number of non-ortho nitro benzene ring substituents is 1. The van der Waals surface area contributed by atoms with Crippen molar-refractivity contribution in [3.63, 3.8) is 0 Å². The first kappa shape index (κ1) is 12.7. The fourth-order valence-corrected chi connectivity index (χ4v) is 2.43. The maximum absolute atomic E-state index is 10.8. The summed E-state index contributed by atoms with van der Waals surface area (Å²) in [6.45, 7) is 1.94. The van der Waals surface area contributed by atoms with Crippen molar-refractivity contribution < 1.29 is 4.92 Å². The molecule has 1 aromatic heterocycles. The highest BCUT2D eigenvalue weighted by atomic mass is 16.6. The highest BCUT2D eigenvalue weighted by molar-refractivity contribution is 5.58. The van der Waals surface area contributed by atoms with Crippen LogP contribution in [0.5, 0.6) is 0 Å². The number of piperidine rings is 1. The summed E-state index contributed by atoms with van der Waals surface area (Å²) < 4.78 is 0. The molecule has 1 saturated heterocycles. The lowest BCUT2D eigenvalue weighted by atomic mass is 9.99. The number of aromatic amines is 1. The Balaban J connectivity index is 1.85. The van der Waals surface area contributed by atoms with Crippen LogP contribution in [0.15, 0.2) is 24.3 Å². The van der Waals surface area contributed by atoms with Gasteiger partial charge in [0.2, 0.25) is 0 Å². The summed E-state index contributed by atoms with van der Waals surface area (Å²) in [5, 5.41) is 21.2. The third kappa shape index (κ3) is 2.53. The van der Waals surface area contributed by atoms with Gasteiger partial charge in [0.15, 0.2) is 5.82 Å². The second-order valence-electron chi connectivity index (χ2n) is 4.89. The van der Waals surface area contributed by atoms with E-state index in [0.29, 0.717) is 17.3 Å². The minimum atomic E-state index is -0.415. The molecule has 1 aliphatic heterocycles. The van der Waals surface area contributed by atoms with Crippen LogP contribution in [-0.2, 0) is 0 Å². The first-order valence-electron chi connectivity index (χ1n) is 6.62. The molecular weight excluding hydrogens is 258 g/mol. The molecule has 0 amide bonds. The molecule has 1 aliphatic rings. The molecule has 104 valence electrons. The standard InChI is InChI=1S/C13H15N5O2/c19-18(20)11-5-1-3-9(7-11)12-15-13(17-16-12)10-4-2-6-14-8-10/h1,3,5,7,10,14H,2,4,6,8H2,(H,15,16,17). The zero-order valence-electron chi connectivity index (χ0n) is 10.9. The second kappa shape index (κ2) is 5.38. The Morgan fingerprint density at radius 3 is 3.05 bits per heavy atom. The average Bonchev–Trinajstić information content (AvgIpc) is 2.98. The normalized spacial score (nSPS) is 18.9. The highest BCUT2D eigenvalue weighted by Gasteiger charge is 2.19. The van der Waals surface area contributed by atoms with E-state index in [1.54, 1.807) is 12.1 Å². The topological polar surface area (TPSA) is 96.7 Å². The van der Waals surface area contributed by atoms with E-state index in [0.717, 1.165) is 31.8 Å². The Morgan fingerprint density at radius 1 is 1.40 bits per heavy atom. The molecule has 0 aliphatic carbocycles. The van der Waals surface area contributed by atoms with Crippen molar-refractivity contribution in [1.82, 2.24) is 20.5 Å². The number of nitro groups is 1. The summed E-state index contributed by atoms with van der Waals surface area (Å²) in [4.78, 5) is 14.8. The van der Waals surface area contributed by atoms with Crippen molar-refractivity contribution in [1.29, 1.82) is 0 Å². The number of nitrogens with one attached hydrogen (secondary N) is 2. The lowest BCUT2D eigenvalue weighted by Crippen LogP contribution is -2.28. The molecule has 0 spiro atoms. The molecule has 1 unspecified atom stereocenters. The van der Waals surface area contributed by atoms with Gasteiger partial charge in [-0.2, -0.15) is 5.10 Å². The van der Waals surface area contributed by atoms with Gasteiger partial charge in [-0.1, -0.05) is 12.1 Å². The summed E-state index contributed by atoms with van der Waals surface area (Å²) in [6, 6.07) is 6.37. The second-order valence-corrected chi connectivity index (χ2v) is 4.89. The summed E-state index contributed by atoms with van der Waals surface area (Å²) in [5.74, 6) is 1.69. The minimum absolute atomic E-state index is 0.0492. The summed E-state index contributed by atoms with van der Waals surface area (Å²) >= 11 is 0. The minimum Gasteiger partial charge on any atom is -0.316 e. The Kier molecular flexibility index (Phi) is 3.42. The first-order valence-corrected chi connectivity index (χ1v) is 6.62. The van der Waals surface area contributed by atoms with Crippen LogP contribution in [-0.4, -0.2) is 33.2 Å². The molecule has 2 heterocycles. The molecule has 1 aromatic carbocycles. The molecule has 7 nitrogen and oxygen atoms in total. The third-order valence-electron chi connectivity index (χ3n) is 3.50. The van der Waals surface area contributed by atoms with Crippen LogP contribution < -0.4 is 5.32 Å². The number of nitrogens with zero attached hydrogens (tertiary/aromatic N) is 3. The predicted octanol–water partition coefficient (Wildman–Crippen LogP) is 1.85. The van der Waals surface area contributed by atoms with Gasteiger partial charge in [0.1, 0.15) is 5.82 Å². The number of rotatable bonds is 3. The molecule has 0 saturated carbocycles. The van der Waals surface area contributed by atoms with Crippen LogP contribution in [0, 0.1) is 10.1 Å². The van der Waals surface area contributed by atoms with E-state index in [-0.39, 0.29) is 5.69 Å². The summed E-state index contributed by atoms with van der Waals surface area (Å²) in [5.41, 5.74) is 0.707. The summed E-state index contributed by atoms with van der Waals surface area (Å²) in [6.07, 6.45) is 2.20. The van der Waals surface area contributed by atoms with E-state index in [1.807, 2.05) is 0 Å². The molecule has 2 N–H and O–H groups in total. The molecular formula is C13H15N5O2. The van der Waals surface area contributed by atoms with Crippen LogP contribution >= 0.6 is 0 Å². The monoisotopic (exact) mass is 273 g/mol. The Bertz CT molecular complexity index is 619. The van der Waals surface area contributed by atoms with E-state index in [1.165, 1.54) is 12.1 Å². The SMILES string of the molecule is O=[N+]([O-])c1cccc(-c2n[nH]c(C3CCCNC3)n2)c1. The molecule has 3 rings (SSSR count). The van der Waals surface area contributed by atoms with E-state index >= 15 is 0 Å². The van der Waals surface area contributed by atoms with Crippen molar-refractivity contribution in [2.75, 3.05) is 13.1 Å². The average molecular weight is 273 g/mol. The Labute approximate surface area is 115 Å². The fraction of sp³-hybridized carbons (Fsp3) is 0.385. The Morgan fingerprint density at radius 2 is 2.30 bits per heavy atom. The smallest absolute Gasteiger partial charge is 0.270 e. The van der Waals surface area contributed by atoms with Gasteiger partial charge in [0.05, 0.1) is 4.92 Å². The zero-order valence-corrected chi connectivity index (χ0v) is 10.9. The fourth-order valence-electron chi connectivity index (χ4n) is 2.43. The van der Waals surface area contributed by atoms with Gasteiger partial charge in [-0.15, -0.1) is 0 Å². The van der Waals surface area contributed by atoms with Gasteiger partial charge in [-0.05, 0) is 19.4 Å². The molecule has 0 bridgehead atoms. The molecule has 20 heavy (non-hydrogen) atoms. The van der Waals surface area contributed by atoms with Crippen LogP contribution in [0.1, 0.15) is 24.6 Å². The lowest BCUT2D eigenvalue weighted by Gasteiger charge is -2.20. The zero-order chi connectivity index (χ0) is 13.9. The number of H-pyrrole nitrogens is 1. The van der Waals surface area contributed by atoms with Gasteiger partial charge >= 0.3 is 0 Å². The molecule has 1 atom stereocenters. The number of hydrogen-bond donors (Lipinski definition) is 2. The van der Waals surface area contributed by atoms with Gasteiger partial charge in [-0.3, -0.25) is 15.2 Å². The Hall–Kier alpha value is -2.28. The van der Waals surface area contributed by atoms with E-state index < -0.39 is 4.92 Å². The number of nitro benzene ring substituents is 1. The lowest BCUT2D eigenvalue weighted by molar-refractivity contribution is -0.384. The van der Waals surface area contributed by atoms with Crippen LogP contribution in [0.3, 0.4) is 0 Å². The van der Waals surface area contributed by atoms with Crippen LogP contribution in [0.4, 0.5) is 5.69 Å². The number of aromatic nitrogens is 3. The molecule has 1 fully saturated rings. The molecule has 7 heteroatoms. The van der Waals surface area contributed by atoms with E-state index in [4.69, 9.17) is 0 Å².